The van der Waals surface area contributed by atoms with Crippen molar-refractivity contribution in [2.75, 3.05) is 6.61 Å². The van der Waals surface area contributed by atoms with Crippen LogP contribution >= 0.6 is 31.9 Å². The maximum atomic E-state index is 13.3. The summed E-state index contributed by atoms with van der Waals surface area (Å²) in [5, 5.41) is 10.4. The van der Waals surface area contributed by atoms with Gasteiger partial charge in [0.25, 0.3) is 0 Å². The molecular formula is C15H13Br2FO2. The van der Waals surface area contributed by atoms with Crippen molar-refractivity contribution in [2.24, 2.45) is 0 Å². The molecule has 20 heavy (non-hydrogen) atoms. The van der Waals surface area contributed by atoms with Gasteiger partial charge in [-0.15, -0.1) is 0 Å². The van der Waals surface area contributed by atoms with Gasteiger partial charge in [0.2, 0.25) is 0 Å². The molecule has 5 heteroatoms. The van der Waals surface area contributed by atoms with E-state index in [-0.39, 0.29) is 5.82 Å². The van der Waals surface area contributed by atoms with Crippen LogP contribution in [0.5, 0.6) is 5.75 Å². The van der Waals surface area contributed by atoms with E-state index in [0.29, 0.717) is 28.0 Å². The van der Waals surface area contributed by atoms with E-state index in [2.05, 4.69) is 31.9 Å². The van der Waals surface area contributed by atoms with Crippen molar-refractivity contribution in [1.29, 1.82) is 0 Å². The van der Waals surface area contributed by atoms with Gasteiger partial charge in [-0.2, -0.15) is 0 Å². The quantitative estimate of drug-likeness (QED) is 0.791. The minimum absolute atomic E-state index is 0.382. The van der Waals surface area contributed by atoms with E-state index in [1.165, 1.54) is 12.1 Å². The van der Waals surface area contributed by atoms with E-state index in [1.807, 2.05) is 6.92 Å². The summed E-state index contributed by atoms with van der Waals surface area (Å²) >= 11 is 6.72. The molecule has 0 spiro atoms. The van der Waals surface area contributed by atoms with Gasteiger partial charge in [0.15, 0.2) is 0 Å². The van der Waals surface area contributed by atoms with E-state index in [0.717, 1.165) is 4.47 Å². The molecule has 106 valence electrons. The smallest absolute Gasteiger partial charge is 0.133 e. The second-order valence-corrected chi connectivity index (χ2v) is 5.90. The van der Waals surface area contributed by atoms with E-state index in [4.69, 9.17) is 4.74 Å². The maximum absolute atomic E-state index is 13.3. The lowest BCUT2D eigenvalue weighted by atomic mass is 10.0. The average Bonchev–Trinajstić information content (AvgIpc) is 2.43. The number of aliphatic hydroxyl groups is 1. The van der Waals surface area contributed by atoms with Gasteiger partial charge in [-0.3, -0.25) is 0 Å². The summed E-state index contributed by atoms with van der Waals surface area (Å²) in [5.41, 5.74) is 1.15. The molecular weight excluding hydrogens is 391 g/mol. The Bertz CT molecular complexity index is 617. The molecule has 1 N–H and O–H groups in total. The number of benzene rings is 2. The maximum Gasteiger partial charge on any atom is 0.133 e. The highest BCUT2D eigenvalue weighted by atomic mass is 79.9. The van der Waals surface area contributed by atoms with Crippen LogP contribution in [-0.4, -0.2) is 11.7 Å². The highest BCUT2D eigenvalue weighted by molar-refractivity contribution is 9.10. The Morgan fingerprint density at radius 3 is 2.55 bits per heavy atom. The number of aliphatic hydroxyl groups excluding tert-OH is 1. The number of halogens is 3. The van der Waals surface area contributed by atoms with Gasteiger partial charge < -0.3 is 9.84 Å². The lowest BCUT2D eigenvalue weighted by Gasteiger charge is -2.15. The standard InChI is InChI=1S/C15H13Br2FO2/c1-2-20-14-6-3-9(7-13(14)17)15(19)11-8-10(18)4-5-12(11)16/h3-8,15,19H,2H2,1H3. The second-order valence-electron chi connectivity index (χ2n) is 4.19. The van der Waals surface area contributed by atoms with Crippen LogP contribution in [0.25, 0.3) is 0 Å². The minimum atomic E-state index is -0.910. The zero-order chi connectivity index (χ0) is 14.7. The molecule has 2 aromatic carbocycles. The van der Waals surface area contributed by atoms with E-state index < -0.39 is 6.10 Å². The van der Waals surface area contributed by atoms with Crippen molar-refractivity contribution in [3.63, 3.8) is 0 Å². The monoisotopic (exact) mass is 402 g/mol. The molecule has 0 saturated heterocycles. The third-order valence-electron chi connectivity index (χ3n) is 2.82. The van der Waals surface area contributed by atoms with Crippen LogP contribution < -0.4 is 4.74 Å². The van der Waals surface area contributed by atoms with Gasteiger partial charge in [-0.1, -0.05) is 22.0 Å². The van der Waals surface area contributed by atoms with Crippen LogP contribution in [0.15, 0.2) is 45.3 Å². The molecule has 0 heterocycles. The zero-order valence-electron chi connectivity index (χ0n) is 10.7. The predicted molar refractivity (Wildman–Crippen MR) is 83.5 cm³/mol. The molecule has 2 rings (SSSR count). The van der Waals surface area contributed by atoms with Crippen molar-refractivity contribution in [1.82, 2.24) is 0 Å². The number of hydrogen-bond acceptors (Lipinski definition) is 2. The Labute approximate surface area is 133 Å². The molecule has 0 aliphatic rings. The van der Waals surface area contributed by atoms with Gasteiger partial charge in [0, 0.05) is 10.0 Å². The number of ether oxygens (including phenoxy) is 1. The van der Waals surface area contributed by atoms with Crippen LogP contribution in [0.3, 0.4) is 0 Å². The Balaban J connectivity index is 2.35. The topological polar surface area (TPSA) is 29.5 Å². The summed E-state index contributed by atoms with van der Waals surface area (Å²) in [6.45, 7) is 2.47. The van der Waals surface area contributed by atoms with Crippen LogP contribution in [0, 0.1) is 5.82 Å². The fourth-order valence-electron chi connectivity index (χ4n) is 1.86. The first-order valence-electron chi connectivity index (χ1n) is 6.08. The Hall–Kier alpha value is -0.910. The van der Waals surface area contributed by atoms with E-state index in [1.54, 1.807) is 24.3 Å². The van der Waals surface area contributed by atoms with E-state index >= 15 is 0 Å². The molecule has 0 aliphatic heterocycles. The van der Waals surface area contributed by atoms with Gasteiger partial charge >= 0.3 is 0 Å². The summed E-state index contributed by atoms with van der Waals surface area (Å²) in [4.78, 5) is 0. The summed E-state index contributed by atoms with van der Waals surface area (Å²) < 4.78 is 20.1. The summed E-state index contributed by atoms with van der Waals surface area (Å²) in [6, 6.07) is 9.55. The third-order valence-corrected chi connectivity index (χ3v) is 4.17. The minimum Gasteiger partial charge on any atom is -0.493 e. The van der Waals surface area contributed by atoms with Crippen LogP contribution in [0.1, 0.15) is 24.2 Å². The molecule has 0 radical (unpaired) electrons. The van der Waals surface area contributed by atoms with Crippen molar-refractivity contribution in [2.45, 2.75) is 13.0 Å². The summed E-state index contributed by atoms with van der Waals surface area (Å²) in [6.07, 6.45) is -0.910. The first-order valence-corrected chi connectivity index (χ1v) is 7.66. The SMILES string of the molecule is CCOc1ccc(C(O)c2cc(F)ccc2Br)cc1Br. The molecule has 0 aliphatic carbocycles. The number of hydrogen-bond donors (Lipinski definition) is 1. The summed E-state index contributed by atoms with van der Waals surface area (Å²) in [5.74, 6) is 0.328. The van der Waals surface area contributed by atoms with Crippen LogP contribution in [-0.2, 0) is 0 Å². The van der Waals surface area contributed by atoms with Gasteiger partial charge in [-0.25, -0.2) is 4.39 Å². The molecule has 0 saturated carbocycles. The lowest BCUT2D eigenvalue weighted by Crippen LogP contribution is -2.02. The Morgan fingerprint density at radius 1 is 1.15 bits per heavy atom. The average molecular weight is 404 g/mol. The fourth-order valence-corrected chi connectivity index (χ4v) is 2.84. The van der Waals surface area contributed by atoms with Crippen LogP contribution in [0.4, 0.5) is 4.39 Å². The molecule has 0 aromatic heterocycles. The van der Waals surface area contributed by atoms with Gasteiger partial charge in [-0.05, 0) is 58.7 Å². The van der Waals surface area contributed by atoms with Crippen LogP contribution in [0.2, 0.25) is 0 Å². The lowest BCUT2D eigenvalue weighted by molar-refractivity contribution is 0.218. The molecule has 0 fully saturated rings. The highest BCUT2D eigenvalue weighted by Gasteiger charge is 2.16. The van der Waals surface area contributed by atoms with Crippen molar-refractivity contribution >= 4 is 31.9 Å². The van der Waals surface area contributed by atoms with Gasteiger partial charge in [0.1, 0.15) is 17.7 Å². The fraction of sp³-hybridized carbons (Fsp3) is 0.200. The van der Waals surface area contributed by atoms with Gasteiger partial charge in [0.05, 0.1) is 11.1 Å². The van der Waals surface area contributed by atoms with Crippen molar-refractivity contribution < 1.29 is 14.2 Å². The molecule has 2 aromatic rings. The van der Waals surface area contributed by atoms with Crippen molar-refractivity contribution in [3.8, 4) is 5.75 Å². The Kier molecular flexibility index (Phi) is 5.18. The molecule has 1 unspecified atom stereocenters. The molecule has 1 atom stereocenters. The highest BCUT2D eigenvalue weighted by Crippen LogP contribution is 2.33. The normalized spacial score (nSPS) is 12.2. The molecule has 0 amide bonds. The molecule has 0 bridgehead atoms. The largest absolute Gasteiger partial charge is 0.493 e. The van der Waals surface area contributed by atoms with E-state index in [9.17, 15) is 9.50 Å². The molecule has 2 nitrogen and oxygen atoms in total. The predicted octanol–water partition coefficient (Wildman–Crippen LogP) is 4.83. The first kappa shape index (κ1) is 15.5. The summed E-state index contributed by atoms with van der Waals surface area (Å²) in [7, 11) is 0. The zero-order valence-corrected chi connectivity index (χ0v) is 13.9. The number of rotatable bonds is 4. The second kappa shape index (κ2) is 6.70. The Morgan fingerprint density at radius 2 is 1.90 bits per heavy atom. The third kappa shape index (κ3) is 3.40. The van der Waals surface area contributed by atoms with Crippen molar-refractivity contribution in [3.05, 3.63) is 62.3 Å². The first-order chi connectivity index (χ1) is 9.52.